The topological polar surface area (TPSA) is 130 Å². The first-order valence-corrected chi connectivity index (χ1v) is 14.2. The molecule has 1 aliphatic heterocycles. The number of nitrogens with zero attached hydrogens (tertiary/aromatic N) is 3. The van der Waals surface area contributed by atoms with Gasteiger partial charge in [-0.05, 0) is 49.2 Å². The van der Waals surface area contributed by atoms with Gasteiger partial charge in [-0.1, -0.05) is 11.6 Å². The molecule has 3 amide bonds. The Kier molecular flexibility index (Phi) is 9.65. The number of halogens is 2. The minimum absolute atomic E-state index is 0.0544. The highest BCUT2D eigenvalue weighted by atomic mass is 35.5. The van der Waals surface area contributed by atoms with Gasteiger partial charge in [0.15, 0.2) is 0 Å². The molecule has 1 aromatic heterocycles. The van der Waals surface area contributed by atoms with Crippen molar-refractivity contribution in [2.24, 2.45) is 5.73 Å². The fraction of sp³-hybridized carbons (Fsp3) is 0.375. The summed E-state index contributed by atoms with van der Waals surface area (Å²) in [5, 5.41) is 1.04. The third-order valence-electron chi connectivity index (χ3n) is 5.73. The molecule has 38 heavy (non-hydrogen) atoms. The molecular formula is C24H28ClFN4O6S2. The molecule has 0 bridgehead atoms. The van der Waals surface area contributed by atoms with Gasteiger partial charge in [0.25, 0.3) is 5.91 Å². The molecule has 1 aliphatic rings. The average Bonchev–Trinajstić information content (AvgIpc) is 3.43. The molecule has 1 aromatic carbocycles. The summed E-state index contributed by atoms with van der Waals surface area (Å²) in [5.74, 6) is -2.53. The SMILES string of the molecule is C/C(=C/S(=O)(=O)N(CCOCC(N)=O)[C@H]1CCN(c2ccc(C(=O)N(C)C)cc2F)C1=O)c1ccc(Cl)s1. The zero-order valence-electron chi connectivity index (χ0n) is 21.0. The van der Waals surface area contributed by atoms with E-state index in [4.69, 9.17) is 22.1 Å². The summed E-state index contributed by atoms with van der Waals surface area (Å²) >= 11 is 7.18. The number of primary amides is 1. The number of hydrogen-bond acceptors (Lipinski definition) is 7. The van der Waals surface area contributed by atoms with Gasteiger partial charge in [0.1, 0.15) is 18.5 Å². The number of amides is 3. The molecule has 1 saturated heterocycles. The van der Waals surface area contributed by atoms with Crippen molar-refractivity contribution in [2.75, 3.05) is 45.3 Å². The Labute approximate surface area is 229 Å². The minimum atomic E-state index is -4.17. The van der Waals surface area contributed by atoms with Gasteiger partial charge < -0.3 is 20.3 Å². The smallest absolute Gasteiger partial charge is 0.253 e. The number of carbonyl (C=O) groups excluding carboxylic acids is 3. The van der Waals surface area contributed by atoms with Gasteiger partial charge in [-0.25, -0.2) is 12.8 Å². The van der Waals surface area contributed by atoms with Gasteiger partial charge in [0.2, 0.25) is 21.8 Å². The van der Waals surface area contributed by atoms with Crippen LogP contribution in [0.25, 0.3) is 5.57 Å². The van der Waals surface area contributed by atoms with E-state index in [1.54, 1.807) is 19.1 Å². The average molecular weight is 587 g/mol. The van der Waals surface area contributed by atoms with Gasteiger partial charge in [0.05, 0.1) is 22.0 Å². The van der Waals surface area contributed by atoms with Crippen LogP contribution < -0.4 is 10.6 Å². The van der Waals surface area contributed by atoms with Crippen molar-refractivity contribution in [3.63, 3.8) is 0 Å². The molecule has 0 radical (unpaired) electrons. The second-order valence-corrected chi connectivity index (χ2v) is 12.2. The van der Waals surface area contributed by atoms with E-state index in [9.17, 15) is 27.2 Å². The summed E-state index contributed by atoms with van der Waals surface area (Å²) in [6.07, 6.45) is 0.0867. The van der Waals surface area contributed by atoms with Crippen LogP contribution in [0.5, 0.6) is 0 Å². The van der Waals surface area contributed by atoms with Crippen LogP contribution >= 0.6 is 22.9 Å². The number of allylic oxidation sites excluding steroid dienone is 1. The van der Waals surface area contributed by atoms with Crippen LogP contribution in [0.4, 0.5) is 10.1 Å². The highest BCUT2D eigenvalue weighted by molar-refractivity contribution is 7.92. The number of ether oxygens (including phenoxy) is 1. The Balaban J connectivity index is 1.89. The lowest BCUT2D eigenvalue weighted by atomic mass is 10.1. The fourth-order valence-corrected chi connectivity index (χ4v) is 6.63. The van der Waals surface area contributed by atoms with Crippen LogP contribution in [0.3, 0.4) is 0 Å². The number of rotatable bonds is 11. The van der Waals surface area contributed by atoms with Crippen molar-refractivity contribution < 1.29 is 31.9 Å². The molecule has 2 N–H and O–H groups in total. The van der Waals surface area contributed by atoms with Crippen LogP contribution in [0, 0.1) is 5.82 Å². The Morgan fingerprint density at radius 1 is 1.29 bits per heavy atom. The van der Waals surface area contributed by atoms with Crippen LogP contribution in [0.1, 0.15) is 28.6 Å². The molecule has 1 atom stereocenters. The van der Waals surface area contributed by atoms with Crippen molar-refractivity contribution in [1.82, 2.24) is 9.21 Å². The molecule has 14 heteroatoms. The molecule has 10 nitrogen and oxygen atoms in total. The number of thiophene rings is 1. The Hall–Kier alpha value is -2.84. The molecule has 0 unspecified atom stereocenters. The summed E-state index contributed by atoms with van der Waals surface area (Å²) in [6, 6.07) is 5.96. The van der Waals surface area contributed by atoms with Gasteiger partial charge in [0, 0.05) is 37.6 Å². The predicted molar refractivity (Wildman–Crippen MR) is 144 cm³/mol. The Morgan fingerprint density at radius 3 is 2.58 bits per heavy atom. The molecule has 0 aliphatic carbocycles. The summed E-state index contributed by atoms with van der Waals surface area (Å²) in [4.78, 5) is 39.7. The minimum Gasteiger partial charge on any atom is -0.370 e. The maximum Gasteiger partial charge on any atom is 0.253 e. The van der Waals surface area contributed by atoms with E-state index in [-0.39, 0.29) is 37.4 Å². The van der Waals surface area contributed by atoms with Crippen molar-refractivity contribution >= 4 is 61.9 Å². The molecule has 1 fully saturated rings. The van der Waals surface area contributed by atoms with Gasteiger partial charge in [-0.3, -0.25) is 14.4 Å². The maximum atomic E-state index is 15.0. The van der Waals surface area contributed by atoms with E-state index < -0.39 is 46.2 Å². The first-order valence-electron chi connectivity index (χ1n) is 11.5. The molecule has 206 valence electrons. The van der Waals surface area contributed by atoms with E-state index in [0.717, 1.165) is 20.7 Å². The van der Waals surface area contributed by atoms with Crippen molar-refractivity contribution in [1.29, 1.82) is 0 Å². The van der Waals surface area contributed by atoms with Crippen LogP contribution in [0.2, 0.25) is 4.34 Å². The van der Waals surface area contributed by atoms with Gasteiger partial charge >= 0.3 is 0 Å². The van der Waals surface area contributed by atoms with E-state index >= 15 is 0 Å². The first kappa shape index (κ1) is 29.7. The zero-order valence-corrected chi connectivity index (χ0v) is 23.4. The summed E-state index contributed by atoms with van der Waals surface area (Å²) in [7, 11) is -1.10. The first-order chi connectivity index (χ1) is 17.8. The quantitative estimate of drug-likeness (QED) is 0.403. The zero-order chi connectivity index (χ0) is 28.2. The maximum absolute atomic E-state index is 15.0. The third kappa shape index (κ3) is 6.97. The molecule has 3 rings (SSSR count). The number of hydrogen-bond donors (Lipinski definition) is 1. The Bertz CT molecular complexity index is 1360. The summed E-state index contributed by atoms with van der Waals surface area (Å²) in [6.45, 7) is 0.812. The summed E-state index contributed by atoms with van der Waals surface area (Å²) < 4.78 is 48.5. The normalized spacial score (nSPS) is 16.4. The lowest BCUT2D eigenvalue weighted by Gasteiger charge is -2.26. The number of carbonyl (C=O) groups is 3. The number of benzene rings is 1. The second-order valence-electron chi connectivity index (χ2n) is 8.74. The highest BCUT2D eigenvalue weighted by Crippen LogP contribution is 2.31. The third-order valence-corrected chi connectivity index (χ3v) is 8.84. The Morgan fingerprint density at radius 2 is 2.00 bits per heavy atom. The standard InChI is InChI=1S/C24H28ClFN4O6S2/c1-15(20-6-7-21(25)37-20)14-38(34,35)30(10-11-36-13-22(27)31)19-8-9-29(24(19)33)18-5-4-16(12-17(18)26)23(32)28(2)3/h4-7,12,14,19H,8-11,13H2,1-3H3,(H2,27,31)/b15-14-/t19-/m0/s1. The molecule has 2 aromatic rings. The monoisotopic (exact) mass is 586 g/mol. The number of anilines is 1. The lowest BCUT2D eigenvalue weighted by Crippen LogP contribution is -2.46. The lowest BCUT2D eigenvalue weighted by molar-refractivity contribution is -0.123. The van der Waals surface area contributed by atoms with Crippen molar-refractivity contribution in [2.45, 2.75) is 19.4 Å². The number of nitrogens with two attached hydrogens (primary N) is 1. The van der Waals surface area contributed by atoms with Crippen molar-refractivity contribution in [3.8, 4) is 0 Å². The van der Waals surface area contributed by atoms with Gasteiger partial charge in [-0.2, -0.15) is 4.31 Å². The fourth-order valence-electron chi connectivity index (χ4n) is 3.95. The highest BCUT2D eigenvalue weighted by Gasteiger charge is 2.42. The largest absolute Gasteiger partial charge is 0.370 e. The molecule has 2 heterocycles. The van der Waals surface area contributed by atoms with E-state index in [1.165, 1.54) is 42.5 Å². The van der Waals surface area contributed by atoms with E-state index in [0.29, 0.717) is 14.8 Å². The summed E-state index contributed by atoms with van der Waals surface area (Å²) in [5.41, 5.74) is 5.55. The second kappa shape index (κ2) is 12.3. The van der Waals surface area contributed by atoms with Crippen LogP contribution in [-0.2, 0) is 24.3 Å². The predicted octanol–water partition coefficient (Wildman–Crippen LogP) is 2.54. The van der Waals surface area contributed by atoms with E-state index in [2.05, 4.69) is 0 Å². The molecule has 0 saturated carbocycles. The molecule has 0 spiro atoms. The van der Waals surface area contributed by atoms with E-state index in [1.807, 2.05) is 0 Å². The van der Waals surface area contributed by atoms with Crippen molar-refractivity contribution in [3.05, 3.63) is 56.3 Å². The van der Waals surface area contributed by atoms with Crippen LogP contribution in [-0.4, -0.2) is 81.8 Å². The van der Waals surface area contributed by atoms with Gasteiger partial charge in [-0.15, -0.1) is 11.3 Å². The van der Waals surface area contributed by atoms with Crippen LogP contribution in [0.15, 0.2) is 35.7 Å². The number of sulfonamides is 1. The molecular weight excluding hydrogens is 559 g/mol.